The van der Waals surface area contributed by atoms with Crippen molar-refractivity contribution in [2.24, 2.45) is 0 Å². The van der Waals surface area contributed by atoms with Crippen molar-refractivity contribution in [3.63, 3.8) is 0 Å². The van der Waals surface area contributed by atoms with Gasteiger partial charge in [-0.2, -0.15) is 0 Å². The first-order valence-electron chi connectivity index (χ1n) is 11.9. The van der Waals surface area contributed by atoms with Crippen molar-refractivity contribution in [2.75, 3.05) is 31.0 Å². The van der Waals surface area contributed by atoms with Gasteiger partial charge < -0.3 is 24.4 Å². The van der Waals surface area contributed by atoms with Crippen molar-refractivity contribution in [3.8, 4) is 17.2 Å². The molecule has 1 aliphatic rings. The van der Waals surface area contributed by atoms with E-state index in [0.29, 0.717) is 35.2 Å². The minimum atomic E-state index is -0.983. The standard InChI is InChI=1S/C28H29N3O6/c1-4-37-22-13-11-20(12-14-22)29-26(32)17-23-27(33)31(21-8-6-5-7-9-21)28(34)30(23)18-19-10-15-24(35-2)25(16-19)36-3/h5-16,23H,4,17-18H2,1-3H3,(H,29,32). The van der Waals surface area contributed by atoms with E-state index in [-0.39, 0.29) is 18.9 Å². The van der Waals surface area contributed by atoms with Gasteiger partial charge in [0.05, 0.1) is 32.9 Å². The SMILES string of the molecule is CCOc1ccc(NC(=O)CC2C(=O)N(c3ccccc3)C(=O)N2Cc2ccc(OC)c(OC)c2)cc1. The maximum absolute atomic E-state index is 13.5. The highest BCUT2D eigenvalue weighted by molar-refractivity contribution is 6.22. The van der Waals surface area contributed by atoms with Crippen LogP contribution in [0.25, 0.3) is 0 Å². The molecule has 1 heterocycles. The van der Waals surface area contributed by atoms with Crippen molar-refractivity contribution in [1.82, 2.24) is 4.90 Å². The Morgan fingerprint density at radius 1 is 0.919 bits per heavy atom. The second-order valence-electron chi connectivity index (χ2n) is 8.33. The third kappa shape index (κ3) is 5.66. The molecule has 1 N–H and O–H groups in total. The molecule has 1 fully saturated rings. The Morgan fingerprint density at radius 2 is 1.62 bits per heavy atom. The van der Waals surface area contributed by atoms with Gasteiger partial charge in [0.2, 0.25) is 5.91 Å². The molecule has 4 amide bonds. The zero-order chi connectivity index (χ0) is 26.4. The van der Waals surface area contributed by atoms with Crippen LogP contribution in [-0.2, 0) is 16.1 Å². The van der Waals surface area contributed by atoms with Gasteiger partial charge in [0.1, 0.15) is 11.8 Å². The normalized spacial score (nSPS) is 15.1. The number of para-hydroxylation sites is 1. The number of methoxy groups -OCH3 is 2. The Kier molecular flexibility index (Phi) is 7.92. The lowest BCUT2D eigenvalue weighted by Gasteiger charge is -2.22. The number of amides is 4. The van der Waals surface area contributed by atoms with Crippen LogP contribution in [0.3, 0.4) is 0 Å². The van der Waals surface area contributed by atoms with Crippen LogP contribution in [0, 0.1) is 0 Å². The van der Waals surface area contributed by atoms with E-state index in [1.54, 1.807) is 72.8 Å². The number of imide groups is 1. The van der Waals surface area contributed by atoms with E-state index in [0.717, 1.165) is 10.5 Å². The summed E-state index contributed by atoms with van der Waals surface area (Å²) in [5, 5.41) is 2.81. The van der Waals surface area contributed by atoms with E-state index >= 15 is 0 Å². The van der Waals surface area contributed by atoms with Crippen molar-refractivity contribution >= 4 is 29.2 Å². The molecule has 0 spiro atoms. The summed E-state index contributed by atoms with van der Waals surface area (Å²) in [5.74, 6) is 0.896. The quantitative estimate of drug-likeness (QED) is 0.410. The van der Waals surface area contributed by atoms with Crippen LogP contribution in [-0.4, -0.2) is 49.6 Å². The number of nitrogens with one attached hydrogen (secondary N) is 1. The number of hydrogen-bond acceptors (Lipinski definition) is 6. The molecule has 4 rings (SSSR count). The average molecular weight is 504 g/mol. The van der Waals surface area contributed by atoms with E-state index in [1.165, 1.54) is 19.1 Å². The molecule has 0 radical (unpaired) electrons. The highest BCUT2D eigenvalue weighted by atomic mass is 16.5. The van der Waals surface area contributed by atoms with Crippen molar-refractivity contribution in [2.45, 2.75) is 25.9 Å². The Morgan fingerprint density at radius 3 is 2.27 bits per heavy atom. The zero-order valence-corrected chi connectivity index (χ0v) is 21.0. The number of benzene rings is 3. The second-order valence-corrected chi connectivity index (χ2v) is 8.33. The second kappa shape index (κ2) is 11.5. The maximum Gasteiger partial charge on any atom is 0.332 e. The molecule has 0 saturated carbocycles. The van der Waals surface area contributed by atoms with Crippen molar-refractivity contribution in [3.05, 3.63) is 78.4 Å². The van der Waals surface area contributed by atoms with Gasteiger partial charge in [0, 0.05) is 12.2 Å². The van der Waals surface area contributed by atoms with E-state index < -0.39 is 18.0 Å². The molecule has 1 atom stereocenters. The molecular weight excluding hydrogens is 474 g/mol. The van der Waals surface area contributed by atoms with E-state index in [9.17, 15) is 14.4 Å². The molecular formula is C28H29N3O6. The largest absolute Gasteiger partial charge is 0.494 e. The molecule has 1 aliphatic heterocycles. The first kappa shape index (κ1) is 25.6. The summed E-state index contributed by atoms with van der Waals surface area (Å²) in [7, 11) is 3.06. The number of carbonyl (C=O) groups excluding carboxylic acids is 3. The van der Waals surface area contributed by atoms with Gasteiger partial charge in [-0.3, -0.25) is 9.59 Å². The average Bonchev–Trinajstić information content (AvgIpc) is 3.14. The van der Waals surface area contributed by atoms with Gasteiger partial charge in [0.15, 0.2) is 11.5 Å². The Balaban J connectivity index is 1.58. The van der Waals surface area contributed by atoms with Gasteiger partial charge in [-0.15, -0.1) is 0 Å². The predicted molar refractivity (Wildman–Crippen MR) is 139 cm³/mol. The summed E-state index contributed by atoms with van der Waals surface area (Å²) in [4.78, 5) is 42.4. The van der Waals surface area contributed by atoms with Gasteiger partial charge >= 0.3 is 6.03 Å². The van der Waals surface area contributed by atoms with Crippen LogP contribution in [0.5, 0.6) is 17.2 Å². The molecule has 9 heteroatoms. The summed E-state index contributed by atoms with van der Waals surface area (Å²) in [6, 6.07) is 19.4. The molecule has 3 aromatic rings. The number of hydrogen-bond donors (Lipinski definition) is 1. The van der Waals surface area contributed by atoms with E-state index in [4.69, 9.17) is 14.2 Å². The van der Waals surface area contributed by atoms with Crippen LogP contribution in [0.15, 0.2) is 72.8 Å². The van der Waals surface area contributed by atoms with E-state index in [2.05, 4.69) is 5.32 Å². The first-order chi connectivity index (χ1) is 17.9. The summed E-state index contributed by atoms with van der Waals surface area (Å²) < 4.78 is 16.1. The molecule has 192 valence electrons. The Hall–Kier alpha value is -4.53. The van der Waals surface area contributed by atoms with Gasteiger partial charge in [-0.05, 0) is 61.0 Å². The minimum absolute atomic E-state index is 0.106. The smallest absolute Gasteiger partial charge is 0.332 e. The number of rotatable bonds is 10. The van der Waals surface area contributed by atoms with Crippen LogP contribution < -0.4 is 24.4 Å². The summed E-state index contributed by atoms with van der Waals surface area (Å²) in [5.41, 5.74) is 1.74. The first-order valence-corrected chi connectivity index (χ1v) is 11.9. The molecule has 37 heavy (non-hydrogen) atoms. The highest BCUT2D eigenvalue weighted by Crippen LogP contribution is 2.32. The molecule has 1 saturated heterocycles. The van der Waals surface area contributed by atoms with Gasteiger partial charge in [0.25, 0.3) is 5.91 Å². The molecule has 0 aliphatic carbocycles. The fourth-order valence-electron chi connectivity index (χ4n) is 4.19. The van der Waals surface area contributed by atoms with E-state index in [1.807, 2.05) is 6.92 Å². The van der Waals surface area contributed by atoms with Gasteiger partial charge in [-0.25, -0.2) is 9.69 Å². The molecule has 9 nitrogen and oxygen atoms in total. The summed E-state index contributed by atoms with van der Waals surface area (Å²) >= 11 is 0. The summed E-state index contributed by atoms with van der Waals surface area (Å²) in [6.07, 6.45) is -0.200. The maximum atomic E-state index is 13.5. The van der Waals surface area contributed by atoms with Crippen LogP contribution in [0.4, 0.5) is 16.2 Å². The molecule has 1 unspecified atom stereocenters. The number of ether oxygens (including phenoxy) is 3. The van der Waals surface area contributed by atoms with Crippen LogP contribution >= 0.6 is 0 Å². The Bertz CT molecular complexity index is 1260. The van der Waals surface area contributed by atoms with Crippen LogP contribution in [0.2, 0.25) is 0 Å². The zero-order valence-electron chi connectivity index (χ0n) is 21.0. The van der Waals surface area contributed by atoms with Gasteiger partial charge in [-0.1, -0.05) is 24.3 Å². The predicted octanol–water partition coefficient (Wildman–Crippen LogP) is 4.47. The number of anilines is 2. The fourth-order valence-corrected chi connectivity index (χ4v) is 4.19. The highest BCUT2D eigenvalue weighted by Gasteiger charge is 2.46. The summed E-state index contributed by atoms with van der Waals surface area (Å²) in [6.45, 7) is 2.54. The molecule has 0 aromatic heterocycles. The van der Waals surface area contributed by atoms with Crippen molar-refractivity contribution < 1.29 is 28.6 Å². The van der Waals surface area contributed by atoms with Crippen molar-refractivity contribution in [1.29, 1.82) is 0 Å². The minimum Gasteiger partial charge on any atom is -0.494 e. The number of nitrogens with zero attached hydrogens (tertiary/aromatic N) is 2. The third-order valence-corrected chi connectivity index (χ3v) is 5.96. The lowest BCUT2D eigenvalue weighted by Crippen LogP contribution is -2.37. The molecule has 0 bridgehead atoms. The monoisotopic (exact) mass is 503 g/mol. The fraction of sp³-hybridized carbons (Fsp3) is 0.250. The number of carbonyl (C=O) groups is 3. The van der Waals surface area contributed by atoms with Crippen LogP contribution in [0.1, 0.15) is 18.9 Å². The topological polar surface area (TPSA) is 97.4 Å². The lowest BCUT2D eigenvalue weighted by atomic mass is 10.1. The molecule has 3 aromatic carbocycles. The lowest BCUT2D eigenvalue weighted by molar-refractivity contribution is -0.124. The number of urea groups is 1. The Labute approximate surface area is 215 Å². The third-order valence-electron chi connectivity index (χ3n) is 5.96.